The predicted molar refractivity (Wildman–Crippen MR) is 62.8 cm³/mol. The van der Waals surface area contributed by atoms with Crippen molar-refractivity contribution >= 4 is 0 Å². The van der Waals surface area contributed by atoms with Crippen LogP contribution < -0.4 is 5.69 Å². The van der Waals surface area contributed by atoms with Gasteiger partial charge >= 0.3 is 5.69 Å². The van der Waals surface area contributed by atoms with Crippen LogP contribution in [0.5, 0.6) is 0 Å². The monoisotopic (exact) mass is 229 g/mol. The third-order valence-electron chi connectivity index (χ3n) is 2.18. The molecule has 0 saturated heterocycles. The number of nitrogens with zero attached hydrogens (tertiary/aromatic N) is 2. The Hall–Kier alpha value is -2.32. The number of nitrogens with one attached hydrogen (secondary N) is 1. The zero-order valence-corrected chi connectivity index (χ0v) is 9.05. The molecule has 2 N–H and O–H groups in total. The van der Waals surface area contributed by atoms with E-state index in [2.05, 4.69) is 22.0 Å². The van der Waals surface area contributed by atoms with Crippen LogP contribution in [0.3, 0.4) is 0 Å². The lowest BCUT2D eigenvalue weighted by Crippen LogP contribution is -2.15. The summed E-state index contributed by atoms with van der Waals surface area (Å²) in [6.45, 7) is 0.0286. The van der Waals surface area contributed by atoms with E-state index in [4.69, 9.17) is 5.11 Å². The van der Waals surface area contributed by atoms with E-state index in [0.29, 0.717) is 12.1 Å². The minimum atomic E-state index is -0.304. The van der Waals surface area contributed by atoms with Gasteiger partial charge in [0.15, 0.2) is 0 Å². The molecule has 1 aromatic heterocycles. The number of rotatable bonds is 2. The summed E-state index contributed by atoms with van der Waals surface area (Å²) in [6.07, 6.45) is 1.82. The summed E-state index contributed by atoms with van der Waals surface area (Å²) in [5, 5.41) is 14.7. The van der Waals surface area contributed by atoms with Gasteiger partial charge in [-0.1, -0.05) is 24.0 Å². The highest BCUT2D eigenvalue weighted by Gasteiger charge is 2.04. The minimum Gasteiger partial charge on any atom is -0.395 e. The Bertz CT molecular complexity index is 616. The van der Waals surface area contributed by atoms with E-state index in [1.807, 2.05) is 18.2 Å². The number of aliphatic hydroxyl groups excluding tert-OH is 1. The molecule has 17 heavy (non-hydrogen) atoms. The van der Waals surface area contributed by atoms with Crippen LogP contribution in [-0.2, 0) is 0 Å². The molecule has 1 aromatic carbocycles. The number of hydrogen-bond donors (Lipinski definition) is 2. The predicted octanol–water partition coefficient (Wildman–Crippen LogP) is 0.294. The van der Waals surface area contributed by atoms with E-state index in [-0.39, 0.29) is 12.3 Å². The Morgan fingerprint density at radius 1 is 1.41 bits per heavy atom. The summed E-state index contributed by atoms with van der Waals surface area (Å²) in [4.78, 5) is 11.5. The highest BCUT2D eigenvalue weighted by molar-refractivity contribution is 5.50. The standard InChI is InChI=1S/C12H11N3O2/c16-8-4-3-6-10-5-1-2-7-11(10)15-9-13-14-12(15)17/h1-2,5,7,9,16H,4,8H2,(H,14,17). The van der Waals surface area contributed by atoms with Gasteiger partial charge in [0.1, 0.15) is 6.33 Å². The van der Waals surface area contributed by atoms with E-state index in [1.54, 1.807) is 6.07 Å². The molecule has 0 aliphatic rings. The van der Waals surface area contributed by atoms with Gasteiger partial charge in [0.2, 0.25) is 0 Å². The smallest absolute Gasteiger partial charge is 0.347 e. The molecule has 5 nitrogen and oxygen atoms in total. The first-order chi connectivity index (χ1) is 8.33. The van der Waals surface area contributed by atoms with Crippen LogP contribution in [0.4, 0.5) is 0 Å². The molecule has 0 atom stereocenters. The fourth-order valence-corrected chi connectivity index (χ4v) is 1.42. The lowest BCUT2D eigenvalue weighted by Gasteiger charge is -2.02. The molecule has 0 radical (unpaired) electrons. The van der Waals surface area contributed by atoms with Crippen molar-refractivity contribution in [2.24, 2.45) is 0 Å². The molecule has 0 saturated carbocycles. The lowest BCUT2D eigenvalue weighted by atomic mass is 10.2. The van der Waals surface area contributed by atoms with Crippen molar-refractivity contribution in [3.05, 3.63) is 46.6 Å². The molecule has 0 fully saturated rings. The fourth-order valence-electron chi connectivity index (χ4n) is 1.42. The van der Waals surface area contributed by atoms with Crippen molar-refractivity contribution in [2.75, 3.05) is 6.61 Å². The van der Waals surface area contributed by atoms with Crippen LogP contribution >= 0.6 is 0 Å². The summed E-state index contributed by atoms with van der Waals surface area (Å²) in [5.41, 5.74) is 1.10. The Kier molecular flexibility index (Phi) is 3.38. The maximum absolute atomic E-state index is 11.5. The normalized spacial score (nSPS) is 9.71. The van der Waals surface area contributed by atoms with Crippen LogP contribution in [0, 0.1) is 11.8 Å². The number of benzene rings is 1. The first-order valence-electron chi connectivity index (χ1n) is 5.14. The summed E-state index contributed by atoms with van der Waals surface area (Å²) in [5.74, 6) is 5.75. The fraction of sp³-hybridized carbons (Fsp3) is 0.167. The van der Waals surface area contributed by atoms with E-state index in [1.165, 1.54) is 10.9 Å². The van der Waals surface area contributed by atoms with Crippen LogP contribution in [0.1, 0.15) is 12.0 Å². The van der Waals surface area contributed by atoms with E-state index >= 15 is 0 Å². The number of aromatic amines is 1. The van der Waals surface area contributed by atoms with E-state index < -0.39 is 0 Å². The zero-order chi connectivity index (χ0) is 12.1. The molecule has 0 unspecified atom stereocenters. The SMILES string of the molecule is O=c1[nH]ncn1-c1ccccc1C#CCCO. The van der Waals surface area contributed by atoms with Crippen LogP contribution in [0.2, 0.25) is 0 Å². The molecular weight excluding hydrogens is 218 g/mol. The lowest BCUT2D eigenvalue weighted by molar-refractivity contribution is 0.305. The van der Waals surface area contributed by atoms with Crippen LogP contribution in [0.15, 0.2) is 35.4 Å². The highest BCUT2D eigenvalue weighted by atomic mass is 16.2. The maximum atomic E-state index is 11.5. The minimum absolute atomic E-state index is 0.0286. The van der Waals surface area contributed by atoms with Crippen molar-refractivity contribution in [3.63, 3.8) is 0 Å². The molecule has 0 aliphatic heterocycles. The number of hydrogen-bond acceptors (Lipinski definition) is 3. The number of para-hydroxylation sites is 1. The van der Waals surface area contributed by atoms with Crippen LogP contribution in [-0.4, -0.2) is 26.5 Å². The molecule has 2 aromatic rings. The van der Waals surface area contributed by atoms with Gasteiger partial charge in [0.25, 0.3) is 0 Å². The van der Waals surface area contributed by atoms with Gasteiger partial charge in [-0.25, -0.2) is 14.5 Å². The van der Waals surface area contributed by atoms with Gasteiger partial charge in [0.05, 0.1) is 12.3 Å². The first-order valence-corrected chi connectivity index (χ1v) is 5.14. The highest BCUT2D eigenvalue weighted by Crippen LogP contribution is 2.10. The van der Waals surface area contributed by atoms with Gasteiger partial charge in [-0.05, 0) is 12.1 Å². The van der Waals surface area contributed by atoms with Gasteiger partial charge in [0, 0.05) is 12.0 Å². The second-order valence-corrected chi connectivity index (χ2v) is 3.32. The van der Waals surface area contributed by atoms with Crippen LogP contribution in [0.25, 0.3) is 5.69 Å². The molecule has 1 heterocycles. The maximum Gasteiger partial charge on any atom is 0.347 e. The molecule has 2 rings (SSSR count). The number of aromatic nitrogens is 3. The van der Waals surface area contributed by atoms with Gasteiger partial charge in [-0.3, -0.25) is 0 Å². The van der Waals surface area contributed by atoms with E-state index in [0.717, 1.165) is 5.56 Å². The van der Waals surface area contributed by atoms with Gasteiger partial charge in [-0.2, -0.15) is 5.10 Å². The molecule has 0 bridgehead atoms. The van der Waals surface area contributed by atoms with E-state index in [9.17, 15) is 4.79 Å². The molecular formula is C12H11N3O2. The van der Waals surface area contributed by atoms with Crippen molar-refractivity contribution in [1.82, 2.24) is 14.8 Å². The summed E-state index contributed by atoms with van der Waals surface area (Å²) in [6, 6.07) is 7.28. The first kappa shape index (κ1) is 11.2. The molecule has 0 spiro atoms. The third-order valence-corrected chi connectivity index (χ3v) is 2.18. The average Bonchev–Trinajstić information content (AvgIpc) is 2.76. The second kappa shape index (κ2) is 5.14. The zero-order valence-electron chi connectivity index (χ0n) is 9.05. The molecule has 5 heteroatoms. The largest absolute Gasteiger partial charge is 0.395 e. The summed E-state index contributed by atoms with van der Waals surface area (Å²) < 4.78 is 1.39. The van der Waals surface area contributed by atoms with Crippen molar-refractivity contribution in [1.29, 1.82) is 0 Å². The van der Waals surface area contributed by atoms with Gasteiger partial charge < -0.3 is 5.11 Å². The quantitative estimate of drug-likeness (QED) is 0.727. The Labute approximate surface area is 97.7 Å². The Balaban J connectivity index is 2.46. The summed E-state index contributed by atoms with van der Waals surface area (Å²) >= 11 is 0. The molecule has 0 amide bonds. The van der Waals surface area contributed by atoms with Crippen molar-refractivity contribution in [3.8, 4) is 17.5 Å². The average molecular weight is 229 g/mol. The third kappa shape index (κ3) is 2.44. The Morgan fingerprint density at radius 2 is 2.24 bits per heavy atom. The summed E-state index contributed by atoms with van der Waals surface area (Å²) in [7, 11) is 0. The second-order valence-electron chi connectivity index (χ2n) is 3.32. The topological polar surface area (TPSA) is 70.9 Å². The van der Waals surface area contributed by atoms with Crippen molar-refractivity contribution < 1.29 is 5.11 Å². The Morgan fingerprint density at radius 3 is 2.94 bits per heavy atom. The van der Waals surface area contributed by atoms with Crippen molar-refractivity contribution in [2.45, 2.75) is 6.42 Å². The number of H-pyrrole nitrogens is 1. The number of aliphatic hydroxyl groups is 1. The molecule has 0 aliphatic carbocycles. The molecule has 86 valence electrons. The van der Waals surface area contributed by atoms with Gasteiger partial charge in [-0.15, -0.1) is 0 Å².